The monoisotopic (exact) mass is 231 g/mol. The summed E-state index contributed by atoms with van der Waals surface area (Å²) >= 11 is 0. The van der Waals surface area contributed by atoms with Gasteiger partial charge in [0.1, 0.15) is 18.1 Å². The molecule has 1 aromatic carbocycles. The van der Waals surface area contributed by atoms with Crippen LogP contribution >= 0.6 is 0 Å². The molecule has 0 spiro atoms. The zero-order valence-corrected chi connectivity index (χ0v) is 9.93. The summed E-state index contributed by atoms with van der Waals surface area (Å²) in [5.41, 5.74) is 0. The molecule has 3 heteroatoms. The van der Waals surface area contributed by atoms with Crippen molar-refractivity contribution < 1.29 is 9.15 Å². The van der Waals surface area contributed by atoms with E-state index in [1.807, 2.05) is 42.5 Å². The van der Waals surface area contributed by atoms with Crippen LogP contribution in [0.4, 0.5) is 0 Å². The molecule has 0 unspecified atom stereocenters. The third kappa shape index (κ3) is 3.64. The molecule has 1 atom stereocenters. The summed E-state index contributed by atoms with van der Waals surface area (Å²) < 4.78 is 10.9. The molecule has 0 aliphatic rings. The molecule has 0 saturated heterocycles. The highest BCUT2D eigenvalue weighted by molar-refractivity contribution is 5.20. The van der Waals surface area contributed by atoms with Gasteiger partial charge in [0.05, 0.1) is 12.3 Å². The molecule has 0 fully saturated rings. The molecule has 2 aromatic rings. The number of hydrogen-bond donors (Lipinski definition) is 1. The number of furan rings is 1. The first-order chi connectivity index (χ1) is 8.36. The van der Waals surface area contributed by atoms with Gasteiger partial charge in [0.25, 0.3) is 0 Å². The van der Waals surface area contributed by atoms with E-state index in [1.165, 1.54) is 0 Å². The molecule has 1 N–H and O–H groups in total. The van der Waals surface area contributed by atoms with Gasteiger partial charge in [-0.05, 0) is 31.2 Å². The van der Waals surface area contributed by atoms with Gasteiger partial charge in [0.2, 0.25) is 0 Å². The zero-order chi connectivity index (χ0) is 11.9. The second kappa shape index (κ2) is 6.11. The lowest BCUT2D eigenvalue weighted by Gasteiger charge is -2.11. The molecular weight excluding hydrogens is 214 g/mol. The van der Waals surface area contributed by atoms with Gasteiger partial charge in [0, 0.05) is 6.54 Å². The van der Waals surface area contributed by atoms with E-state index in [-0.39, 0.29) is 6.04 Å². The van der Waals surface area contributed by atoms with E-state index in [4.69, 9.17) is 9.15 Å². The first kappa shape index (κ1) is 11.7. The Kier molecular flexibility index (Phi) is 4.22. The molecule has 0 aliphatic carbocycles. The quantitative estimate of drug-likeness (QED) is 0.776. The zero-order valence-electron chi connectivity index (χ0n) is 9.93. The second-order valence-corrected chi connectivity index (χ2v) is 3.85. The van der Waals surface area contributed by atoms with Crippen LogP contribution in [0.15, 0.2) is 53.1 Å². The largest absolute Gasteiger partial charge is 0.492 e. The topological polar surface area (TPSA) is 34.4 Å². The van der Waals surface area contributed by atoms with Crippen LogP contribution in [0.5, 0.6) is 5.75 Å². The average molecular weight is 231 g/mol. The van der Waals surface area contributed by atoms with Crippen LogP contribution in [0.3, 0.4) is 0 Å². The summed E-state index contributed by atoms with van der Waals surface area (Å²) in [7, 11) is 0. The number of rotatable bonds is 6. The van der Waals surface area contributed by atoms with Crippen molar-refractivity contribution in [3.63, 3.8) is 0 Å². The summed E-state index contributed by atoms with van der Waals surface area (Å²) in [6.45, 7) is 3.51. The van der Waals surface area contributed by atoms with Crippen molar-refractivity contribution in [2.45, 2.75) is 13.0 Å². The van der Waals surface area contributed by atoms with Crippen LogP contribution in [0.1, 0.15) is 18.7 Å². The third-order valence-corrected chi connectivity index (χ3v) is 2.53. The Morgan fingerprint density at radius 2 is 2.00 bits per heavy atom. The SMILES string of the molecule is C[C@@H](NCCOc1ccccc1)c1ccco1. The standard InChI is InChI=1S/C14H17NO2/c1-12(14-8-5-10-17-14)15-9-11-16-13-6-3-2-4-7-13/h2-8,10,12,15H,9,11H2,1H3/t12-/m1/s1. The van der Waals surface area contributed by atoms with Crippen LogP contribution in [-0.2, 0) is 0 Å². The molecule has 2 rings (SSSR count). The first-order valence-electron chi connectivity index (χ1n) is 5.81. The highest BCUT2D eigenvalue weighted by atomic mass is 16.5. The average Bonchev–Trinajstić information content (AvgIpc) is 2.89. The first-order valence-corrected chi connectivity index (χ1v) is 5.81. The Morgan fingerprint density at radius 1 is 1.18 bits per heavy atom. The van der Waals surface area contributed by atoms with E-state index in [1.54, 1.807) is 6.26 Å². The smallest absolute Gasteiger partial charge is 0.120 e. The summed E-state index contributed by atoms with van der Waals surface area (Å²) in [5, 5.41) is 3.34. The molecular formula is C14H17NO2. The predicted molar refractivity (Wildman–Crippen MR) is 67.1 cm³/mol. The van der Waals surface area contributed by atoms with Gasteiger partial charge in [-0.15, -0.1) is 0 Å². The van der Waals surface area contributed by atoms with Crippen LogP contribution < -0.4 is 10.1 Å². The lowest BCUT2D eigenvalue weighted by atomic mass is 10.2. The minimum absolute atomic E-state index is 0.212. The maximum absolute atomic E-state index is 5.58. The highest BCUT2D eigenvalue weighted by Gasteiger charge is 2.06. The maximum Gasteiger partial charge on any atom is 0.120 e. The van der Waals surface area contributed by atoms with Gasteiger partial charge >= 0.3 is 0 Å². The number of hydrogen-bond acceptors (Lipinski definition) is 3. The van der Waals surface area contributed by atoms with E-state index < -0.39 is 0 Å². The van der Waals surface area contributed by atoms with Crippen LogP contribution in [0.25, 0.3) is 0 Å². The minimum Gasteiger partial charge on any atom is -0.492 e. The van der Waals surface area contributed by atoms with Gasteiger partial charge in [-0.1, -0.05) is 18.2 Å². The lowest BCUT2D eigenvalue weighted by Crippen LogP contribution is -2.24. The predicted octanol–water partition coefficient (Wildman–Crippen LogP) is 3.01. The van der Waals surface area contributed by atoms with Crippen molar-refractivity contribution in [3.8, 4) is 5.75 Å². The van der Waals surface area contributed by atoms with Gasteiger partial charge in [-0.25, -0.2) is 0 Å². The highest BCUT2D eigenvalue weighted by Crippen LogP contribution is 2.12. The Bertz CT molecular complexity index is 411. The Morgan fingerprint density at radius 3 is 2.71 bits per heavy atom. The molecule has 3 nitrogen and oxygen atoms in total. The molecule has 1 heterocycles. The summed E-state index contributed by atoms with van der Waals surface area (Å²) in [5.74, 6) is 1.85. The second-order valence-electron chi connectivity index (χ2n) is 3.85. The van der Waals surface area contributed by atoms with E-state index >= 15 is 0 Å². The lowest BCUT2D eigenvalue weighted by molar-refractivity contribution is 0.302. The van der Waals surface area contributed by atoms with Gasteiger partial charge in [-0.3, -0.25) is 0 Å². The minimum atomic E-state index is 0.212. The van der Waals surface area contributed by atoms with Crippen molar-refractivity contribution >= 4 is 0 Å². The maximum atomic E-state index is 5.58. The van der Waals surface area contributed by atoms with E-state index in [0.29, 0.717) is 6.61 Å². The van der Waals surface area contributed by atoms with Crippen molar-refractivity contribution in [2.75, 3.05) is 13.2 Å². The van der Waals surface area contributed by atoms with Crippen molar-refractivity contribution in [3.05, 3.63) is 54.5 Å². The van der Waals surface area contributed by atoms with E-state index in [9.17, 15) is 0 Å². The van der Waals surface area contributed by atoms with E-state index in [0.717, 1.165) is 18.1 Å². The van der Waals surface area contributed by atoms with Gasteiger partial charge < -0.3 is 14.5 Å². The third-order valence-electron chi connectivity index (χ3n) is 2.53. The normalized spacial score (nSPS) is 12.3. The molecule has 17 heavy (non-hydrogen) atoms. The number of ether oxygens (including phenoxy) is 1. The van der Waals surface area contributed by atoms with Crippen molar-refractivity contribution in [1.82, 2.24) is 5.32 Å². The number of benzene rings is 1. The Hall–Kier alpha value is -1.74. The molecule has 0 bridgehead atoms. The fourth-order valence-corrected chi connectivity index (χ4v) is 1.60. The molecule has 0 saturated carbocycles. The fourth-order valence-electron chi connectivity index (χ4n) is 1.60. The molecule has 1 aromatic heterocycles. The Balaban J connectivity index is 1.67. The van der Waals surface area contributed by atoms with Gasteiger partial charge in [-0.2, -0.15) is 0 Å². The number of para-hydroxylation sites is 1. The van der Waals surface area contributed by atoms with Crippen LogP contribution in [0, 0.1) is 0 Å². The summed E-state index contributed by atoms with van der Waals surface area (Å²) in [6, 6.07) is 13.9. The van der Waals surface area contributed by atoms with Crippen LogP contribution in [-0.4, -0.2) is 13.2 Å². The fraction of sp³-hybridized carbons (Fsp3) is 0.286. The van der Waals surface area contributed by atoms with Crippen molar-refractivity contribution in [2.24, 2.45) is 0 Å². The van der Waals surface area contributed by atoms with Gasteiger partial charge in [0.15, 0.2) is 0 Å². The number of nitrogens with one attached hydrogen (secondary N) is 1. The van der Waals surface area contributed by atoms with Crippen molar-refractivity contribution in [1.29, 1.82) is 0 Å². The van der Waals surface area contributed by atoms with E-state index in [2.05, 4.69) is 12.2 Å². The summed E-state index contributed by atoms with van der Waals surface area (Å²) in [4.78, 5) is 0. The Labute approximate surface area is 101 Å². The van der Waals surface area contributed by atoms with Crippen LogP contribution in [0.2, 0.25) is 0 Å². The molecule has 90 valence electrons. The molecule has 0 radical (unpaired) electrons. The molecule has 0 aliphatic heterocycles. The molecule has 0 amide bonds. The summed E-state index contributed by atoms with van der Waals surface area (Å²) in [6.07, 6.45) is 1.69.